The summed E-state index contributed by atoms with van der Waals surface area (Å²) in [5.74, 6) is -1.10. The van der Waals surface area contributed by atoms with Crippen LogP contribution in [0.15, 0.2) is 48.5 Å². The summed E-state index contributed by atoms with van der Waals surface area (Å²) in [4.78, 5) is 26.6. The number of carbonyl (C=O) groups is 2. The Morgan fingerprint density at radius 2 is 1.65 bits per heavy atom. The molecular formula is C21H23NO4. The highest BCUT2D eigenvalue weighted by molar-refractivity contribution is 6.04. The third-order valence-electron chi connectivity index (χ3n) is 4.98. The first kappa shape index (κ1) is 18.1. The van der Waals surface area contributed by atoms with Crippen molar-refractivity contribution in [1.29, 1.82) is 0 Å². The van der Waals surface area contributed by atoms with Gasteiger partial charge in [-0.1, -0.05) is 43.3 Å². The maximum atomic E-state index is 13.2. The fraction of sp³-hybridized carbons (Fsp3) is 0.333. The summed E-state index contributed by atoms with van der Waals surface area (Å²) in [5, 5.41) is 9.49. The molecule has 136 valence electrons. The van der Waals surface area contributed by atoms with Gasteiger partial charge in [0.1, 0.15) is 0 Å². The molecule has 0 aliphatic carbocycles. The van der Waals surface area contributed by atoms with Crippen LogP contribution in [0, 0.1) is 0 Å². The Balaban J connectivity index is 2.01. The molecule has 0 bridgehead atoms. The molecule has 1 saturated heterocycles. The summed E-state index contributed by atoms with van der Waals surface area (Å²) < 4.78 is 5.82. The zero-order valence-corrected chi connectivity index (χ0v) is 15.1. The van der Waals surface area contributed by atoms with Gasteiger partial charge >= 0.3 is 5.97 Å². The van der Waals surface area contributed by atoms with E-state index in [1.54, 1.807) is 47.4 Å². The topological polar surface area (TPSA) is 66.8 Å². The number of benzene rings is 2. The molecule has 0 radical (unpaired) electrons. The van der Waals surface area contributed by atoms with E-state index < -0.39 is 5.97 Å². The Morgan fingerprint density at radius 1 is 1.08 bits per heavy atom. The molecule has 0 aromatic heterocycles. The van der Waals surface area contributed by atoms with E-state index >= 15 is 0 Å². The molecule has 0 saturated carbocycles. The van der Waals surface area contributed by atoms with Crippen molar-refractivity contribution in [2.24, 2.45) is 0 Å². The number of ether oxygens (including phenoxy) is 1. The van der Waals surface area contributed by atoms with E-state index in [9.17, 15) is 14.7 Å². The van der Waals surface area contributed by atoms with Crippen molar-refractivity contribution in [1.82, 2.24) is 4.90 Å². The molecule has 2 aromatic carbocycles. The highest BCUT2D eigenvalue weighted by atomic mass is 16.5. The summed E-state index contributed by atoms with van der Waals surface area (Å²) in [6, 6.07) is 14.0. The molecule has 5 heteroatoms. The van der Waals surface area contributed by atoms with E-state index in [2.05, 4.69) is 0 Å². The monoisotopic (exact) mass is 353 g/mol. The molecule has 1 fully saturated rings. The molecule has 1 heterocycles. The number of aromatic carboxylic acids is 1. The molecule has 2 aromatic rings. The number of hydrogen-bond acceptors (Lipinski definition) is 3. The van der Waals surface area contributed by atoms with E-state index in [1.165, 1.54) is 0 Å². The van der Waals surface area contributed by atoms with Crippen molar-refractivity contribution >= 4 is 11.9 Å². The van der Waals surface area contributed by atoms with E-state index in [0.29, 0.717) is 36.4 Å². The maximum Gasteiger partial charge on any atom is 0.336 e. The average Bonchev–Trinajstić information content (AvgIpc) is 2.67. The van der Waals surface area contributed by atoms with Crippen LogP contribution in [0.2, 0.25) is 0 Å². The van der Waals surface area contributed by atoms with Crippen LogP contribution in [0.3, 0.4) is 0 Å². The maximum absolute atomic E-state index is 13.2. The fourth-order valence-electron chi connectivity index (χ4n) is 3.30. The quantitative estimate of drug-likeness (QED) is 0.910. The summed E-state index contributed by atoms with van der Waals surface area (Å²) in [6.07, 6.45) is 0.820. The number of carboxylic acids is 1. The van der Waals surface area contributed by atoms with Gasteiger partial charge in [0.15, 0.2) is 0 Å². The summed E-state index contributed by atoms with van der Waals surface area (Å²) in [7, 11) is 0. The molecule has 1 unspecified atom stereocenters. The molecule has 5 nitrogen and oxygen atoms in total. The Hall–Kier alpha value is -2.66. The van der Waals surface area contributed by atoms with E-state index in [4.69, 9.17) is 4.74 Å². The van der Waals surface area contributed by atoms with Gasteiger partial charge in [-0.25, -0.2) is 4.79 Å². The Bertz CT molecular complexity index is 832. The van der Waals surface area contributed by atoms with Gasteiger partial charge in [0.05, 0.1) is 17.8 Å². The van der Waals surface area contributed by atoms with Crippen molar-refractivity contribution in [2.45, 2.75) is 25.9 Å². The van der Waals surface area contributed by atoms with Gasteiger partial charge in [-0.3, -0.25) is 4.79 Å². The van der Waals surface area contributed by atoms with Crippen molar-refractivity contribution in [3.8, 4) is 11.1 Å². The van der Waals surface area contributed by atoms with Gasteiger partial charge in [0.2, 0.25) is 0 Å². The first-order valence-corrected chi connectivity index (χ1v) is 8.80. The molecule has 1 atom stereocenters. The lowest BCUT2D eigenvalue weighted by molar-refractivity contribution is -0.0897. The number of nitrogens with zero attached hydrogens (tertiary/aromatic N) is 1. The highest BCUT2D eigenvalue weighted by Crippen LogP contribution is 2.30. The van der Waals surface area contributed by atoms with Crippen LogP contribution in [0.4, 0.5) is 0 Å². The number of amides is 1. The third kappa shape index (κ3) is 3.48. The van der Waals surface area contributed by atoms with Crippen LogP contribution in [0.1, 0.15) is 41.0 Å². The minimum Gasteiger partial charge on any atom is -0.478 e. The zero-order valence-electron chi connectivity index (χ0n) is 15.1. The smallest absolute Gasteiger partial charge is 0.336 e. The third-order valence-corrected chi connectivity index (χ3v) is 4.98. The van der Waals surface area contributed by atoms with Crippen LogP contribution in [-0.2, 0) is 4.74 Å². The SMILES string of the molecule is CCC1(C)CN(C(=O)c2ccccc2-c2ccccc2C(=O)O)CCO1. The molecular weight excluding hydrogens is 330 g/mol. The number of carbonyl (C=O) groups excluding carboxylic acids is 1. The average molecular weight is 353 g/mol. The van der Waals surface area contributed by atoms with Gasteiger partial charge in [-0.15, -0.1) is 0 Å². The molecule has 0 spiro atoms. The van der Waals surface area contributed by atoms with Crippen LogP contribution in [0.5, 0.6) is 0 Å². The second-order valence-electron chi connectivity index (χ2n) is 6.77. The van der Waals surface area contributed by atoms with E-state index in [1.807, 2.05) is 19.9 Å². The minimum absolute atomic E-state index is 0.0937. The summed E-state index contributed by atoms with van der Waals surface area (Å²) in [5.41, 5.74) is 1.55. The highest BCUT2D eigenvalue weighted by Gasteiger charge is 2.33. The largest absolute Gasteiger partial charge is 0.478 e. The Kier molecular flexibility index (Phi) is 5.09. The molecule has 1 N–H and O–H groups in total. The van der Waals surface area contributed by atoms with Crippen molar-refractivity contribution in [3.63, 3.8) is 0 Å². The predicted molar refractivity (Wildman–Crippen MR) is 99.4 cm³/mol. The van der Waals surface area contributed by atoms with E-state index in [0.717, 1.165) is 6.42 Å². The van der Waals surface area contributed by atoms with Gasteiger partial charge in [-0.05, 0) is 36.6 Å². The van der Waals surface area contributed by atoms with Gasteiger partial charge in [-0.2, -0.15) is 0 Å². The van der Waals surface area contributed by atoms with Crippen molar-refractivity contribution < 1.29 is 19.4 Å². The number of carboxylic acid groups (broad SMARTS) is 1. The number of morpholine rings is 1. The van der Waals surface area contributed by atoms with Gasteiger partial charge in [0, 0.05) is 18.7 Å². The van der Waals surface area contributed by atoms with Crippen LogP contribution in [-0.4, -0.2) is 47.2 Å². The second-order valence-corrected chi connectivity index (χ2v) is 6.77. The molecule has 26 heavy (non-hydrogen) atoms. The summed E-state index contributed by atoms with van der Waals surface area (Å²) >= 11 is 0. The lowest BCUT2D eigenvalue weighted by Crippen LogP contribution is -2.51. The Labute approximate surface area is 153 Å². The number of hydrogen-bond donors (Lipinski definition) is 1. The van der Waals surface area contributed by atoms with Crippen LogP contribution in [0.25, 0.3) is 11.1 Å². The molecule has 3 rings (SSSR count). The molecule has 1 aliphatic rings. The van der Waals surface area contributed by atoms with Gasteiger partial charge < -0.3 is 14.7 Å². The van der Waals surface area contributed by atoms with Crippen LogP contribution < -0.4 is 0 Å². The van der Waals surface area contributed by atoms with Gasteiger partial charge in [0.25, 0.3) is 5.91 Å². The zero-order chi connectivity index (χ0) is 18.7. The van der Waals surface area contributed by atoms with Crippen molar-refractivity contribution in [3.05, 3.63) is 59.7 Å². The van der Waals surface area contributed by atoms with E-state index in [-0.39, 0.29) is 17.1 Å². The standard InChI is InChI=1S/C21H23NO4/c1-3-21(2)14-22(12-13-26-21)19(23)17-10-6-4-8-15(17)16-9-5-7-11-18(16)20(24)25/h4-11H,3,12-14H2,1-2H3,(H,24,25). The minimum atomic E-state index is -1.01. The lowest BCUT2D eigenvalue weighted by atomic mass is 9.94. The second kappa shape index (κ2) is 7.30. The first-order valence-electron chi connectivity index (χ1n) is 8.80. The fourth-order valence-corrected chi connectivity index (χ4v) is 3.30. The molecule has 1 amide bonds. The first-order chi connectivity index (χ1) is 12.4. The lowest BCUT2D eigenvalue weighted by Gasteiger charge is -2.40. The summed E-state index contributed by atoms with van der Waals surface area (Å²) in [6.45, 7) is 5.62. The normalized spacial score (nSPS) is 20.0. The predicted octanol–water partition coefficient (Wildman–Crippen LogP) is 3.69. The van der Waals surface area contributed by atoms with Crippen LogP contribution >= 0.6 is 0 Å². The number of rotatable bonds is 4. The Morgan fingerprint density at radius 3 is 2.27 bits per heavy atom. The molecule has 1 aliphatic heterocycles. The van der Waals surface area contributed by atoms with Crippen molar-refractivity contribution in [2.75, 3.05) is 19.7 Å².